The lowest BCUT2D eigenvalue weighted by molar-refractivity contribution is 1.11. The Kier molecular flexibility index (Phi) is 2.16. The third kappa shape index (κ3) is 2.35. The van der Waals surface area contributed by atoms with Gasteiger partial charge in [0.2, 0.25) is 0 Å². The van der Waals surface area contributed by atoms with Crippen molar-refractivity contribution in [1.29, 1.82) is 1.12 Å². The summed E-state index contributed by atoms with van der Waals surface area (Å²) in [6, 6.07) is 0. The van der Waals surface area contributed by atoms with Gasteiger partial charge in [-0.05, 0) is 12.2 Å². The normalized spacial score (nSPS) is 10.8. The lowest BCUT2D eigenvalue weighted by Crippen LogP contribution is -1.56. The molecule has 0 unspecified atom stereocenters. The van der Waals surface area contributed by atoms with Crippen molar-refractivity contribution in [3.8, 4) is 0 Å². The van der Waals surface area contributed by atoms with Crippen LogP contribution in [0.15, 0.2) is 0 Å². The molecule has 0 saturated carbocycles. The Bertz CT molecular complexity index is 14.4. The Hall–Kier alpha value is 0.350. The van der Waals surface area contributed by atoms with Crippen LogP contribution in [0, 0.1) is 0 Å². The first kappa shape index (κ1) is 2.58. The van der Waals surface area contributed by atoms with Gasteiger partial charge < -0.3 is 0 Å². The second kappa shape index (κ2) is 3.35. The molecule has 0 aliphatic heterocycles. The third-order valence-electron chi connectivity index (χ3n) is 0.204. The molecule has 0 aliphatic rings. The highest BCUT2D eigenvalue weighted by Gasteiger charge is 1.57. The van der Waals surface area contributed by atoms with Gasteiger partial charge in [0.1, 0.15) is 1.12 Å². The van der Waals surface area contributed by atoms with E-state index in [2.05, 4.69) is 6.92 Å². The first-order valence-electron chi connectivity index (χ1n) is 1.90. The minimum absolute atomic E-state index is 0.972. The van der Waals surface area contributed by atoms with Crippen LogP contribution in [0.1, 0.15) is 13.3 Å². The molecule has 0 amide bonds. The summed E-state index contributed by atoms with van der Waals surface area (Å²) in [7, 11) is 0. The third-order valence-corrected chi connectivity index (χ3v) is 0.612. The van der Waals surface area contributed by atoms with Crippen molar-refractivity contribution in [2.45, 2.75) is 13.3 Å². The van der Waals surface area contributed by atoms with E-state index in [0.717, 1.165) is 24.7 Å². The van der Waals surface area contributed by atoms with Crippen molar-refractivity contribution in [3.05, 3.63) is 0 Å². The van der Waals surface area contributed by atoms with E-state index in [9.17, 15) is 0 Å². The molecule has 0 aromatic heterocycles. The molecule has 26 valence electrons. The molecule has 0 fully saturated rings. The molecule has 0 saturated heterocycles. The number of rotatable bonds is 2. The van der Waals surface area contributed by atoms with Crippen molar-refractivity contribution in [2.24, 2.45) is 0 Å². The summed E-state index contributed by atoms with van der Waals surface area (Å²) in [6.45, 7) is 2.07. The number of thiol groups is 1. The summed E-state index contributed by atoms with van der Waals surface area (Å²) >= 11 is 1.15. The van der Waals surface area contributed by atoms with Gasteiger partial charge in [0.25, 0.3) is 0 Å². The van der Waals surface area contributed by atoms with Crippen LogP contribution < -0.4 is 0 Å². The minimum atomic E-state index is 0.972. The van der Waals surface area contributed by atoms with Crippen molar-refractivity contribution in [2.75, 3.05) is 5.75 Å². The summed E-state index contributed by atoms with van der Waals surface area (Å²) in [5, 5.41) is 0. The van der Waals surface area contributed by atoms with Gasteiger partial charge in [-0.1, -0.05) is 6.92 Å². The molecule has 0 aliphatic carbocycles. The Morgan fingerprint density at radius 3 is 3.00 bits per heavy atom. The molecular formula is C3H8S. The van der Waals surface area contributed by atoms with Crippen molar-refractivity contribution >= 4 is 12.5 Å². The van der Waals surface area contributed by atoms with Gasteiger partial charge >= 0.3 is 0 Å². The van der Waals surface area contributed by atoms with Gasteiger partial charge in [0.15, 0.2) is 0 Å². The van der Waals surface area contributed by atoms with Gasteiger partial charge in [-0.25, -0.2) is 0 Å². The van der Waals surface area contributed by atoms with E-state index in [4.69, 9.17) is 1.12 Å². The summed E-state index contributed by atoms with van der Waals surface area (Å²) in [4.78, 5) is 0. The predicted molar refractivity (Wildman–Crippen MR) is 24.1 cm³/mol. The van der Waals surface area contributed by atoms with Crippen molar-refractivity contribution < 1.29 is 0 Å². The van der Waals surface area contributed by atoms with Crippen molar-refractivity contribution in [1.82, 2.24) is 0 Å². The molecular weight excluding hydrogens is 68.1 g/mol. The Labute approximate surface area is 33.7 Å². The molecule has 0 radical (unpaired) electrons. The van der Waals surface area contributed by atoms with Crippen molar-refractivity contribution in [3.63, 3.8) is 0 Å². The average molecular weight is 77.2 g/mol. The zero-order chi connectivity index (χ0) is 4.12. The second-order valence-electron chi connectivity index (χ2n) is 0.704. The molecule has 0 bridgehead atoms. The molecule has 0 heterocycles. The van der Waals surface area contributed by atoms with Crippen LogP contribution in [0.25, 0.3) is 0 Å². The summed E-state index contributed by atoms with van der Waals surface area (Å²) in [5.41, 5.74) is 0. The Morgan fingerprint density at radius 1 is 2.25 bits per heavy atom. The van der Waals surface area contributed by atoms with E-state index in [1.54, 1.807) is 0 Å². The van der Waals surface area contributed by atoms with Gasteiger partial charge in [0.05, 0.1) is 0 Å². The Balaban J connectivity index is 2.19. The van der Waals surface area contributed by atoms with Crippen LogP contribution in [-0.2, 0) is 0 Å². The number of hydrogen-bond donors (Lipinski definition) is 1. The average Bonchev–Trinajstić information content (AvgIpc) is 1.41. The smallest absolute Gasteiger partial charge is 0.102 e. The van der Waals surface area contributed by atoms with E-state index >= 15 is 0 Å². The van der Waals surface area contributed by atoms with Crippen LogP contribution in [0.4, 0.5) is 0 Å². The van der Waals surface area contributed by atoms with Crippen LogP contribution in [0.5, 0.6) is 0 Å². The highest BCUT2D eigenvalue weighted by atomic mass is 32.1. The number of hydrogen-bond acceptors (Lipinski definition) is 1. The molecule has 0 atom stereocenters. The summed E-state index contributed by atoms with van der Waals surface area (Å²) in [5.74, 6) is 0.972. The molecule has 0 rings (SSSR count). The minimum Gasteiger partial charge on any atom is -0.179 e. The van der Waals surface area contributed by atoms with E-state index in [1.807, 2.05) is 0 Å². The first-order valence-corrected chi connectivity index (χ1v) is 2.07. The predicted octanol–water partition coefficient (Wildman–Crippen LogP) is 1.33. The van der Waals surface area contributed by atoms with Crippen LogP contribution in [0.3, 0.4) is 0 Å². The summed E-state index contributed by atoms with van der Waals surface area (Å²) < 4.78 is 6.52. The SMILES string of the molecule is [2H]SCCC. The maximum atomic E-state index is 6.52. The van der Waals surface area contributed by atoms with Gasteiger partial charge in [-0.2, -0.15) is 12.5 Å². The monoisotopic (exact) mass is 77.0 g/mol. The largest absolute Gasteiger partial charge is 0.179 e. The van der Waals surface area contributed by atoms with Crippen LogP contribution in [0.2, 0.25) is 0 Å². The standard InChI is InChI=1S/C3H8S/c1-2-3-4/h4H,2-3H2,1H3/i/hD. The van der Waals surface area contributed by atoms with E-state index in [-0.39, 0.29) is 0 Å². The van der Waals surface area contributed by atoms with E-state index in [1.165, 1.54) is 0 Å². The lowest BCUT2D eigenvalue weighted by Gasteiger charge is -1.67. The van der Waals surface area contributed by atoms with Gasteiger partial charge in [-0.3, -0.25) is 0 Å². The zero-order valence-corrected chi connectivity index (χ0v) is 3.64. The zero-order valence-electron chi connectivity index (χ0n) is 3.82. The molecule has 0 nitrogen and oxygen atoms in total. The molecule has 0 spiro atoms. The lowest BCUT2D eigenvalue weighted by atomic mass is 10.6. The molecule has 1 heteroatoms. The molecule has 0 aromatic carbocycles. The Morgan fingerprint density at radius 2 is 3.00 bits per heavy atom. The van der Waals surface area contributed by atoms with Gasteiger partial charge in [-0.15, -0.1) is 0 Å². The fourth-order valence-electron chi connectivity index (χ4n) is 0. The summed E-state index contributed by atoms with van der Waals surface area (Å²) in [6.07, 6.45) is 1.12. The maximum Gasteiger partial charge on any atom is 0.102 e. The highest BCUT2D eigenvalue weighted by molar-refractivity contribution is 7.80. The van der Waals surface area contributed by atoms with Crippen LogP contribution >= 0.6 is 12.5 Å². The fraction of sp³-hybridized carbons (Fsp3) is 1.00. The highest BCUT2D eigenvalue weighted by Crippen LogP contribution is 1.74. The molecule has 0 aromatic rings. The van der Waals surface area contributed by atoms with E-state index < -0.39 is 0 Å². The van der Waals surface area contributed by atoms with Gasteiger partial charge in [0, 0.05) is 0 Å². The second-order valence-corrected chi connectivity index (χ2v) is 1.11. The van der Waals surface area contributed by atoms with Crippen LogP contribution in [-0.4, -0.2) is 6.88 Å². The van der Waals surface area contributed by atoms with E-state index in [0.29, 0.717) is 0 Å². The first-order chi connectivity index (χ1) is 2.41. The molecule has 0 N–H and O–H groups in total. The quantitative estimate of drug-likeness (QED) is 0.472. The fourth-order valence-corrected chi connectivity index (χ4v) is 0. The maximum absolute atomic E-state index is 6.52. The topological polar surface area (TPSA) is 0 Å². The molecule has 4 heavy (non-hydrogen) atoms.